The summed E-state index contributed by atoms with van der Waals surface area (Å²) >= 11 is 6.13. The SMILES string of the molecule is CN=C(NCCCN1CCN(c2cccc(Cl)c2)CC1)N(C)CCC1CCOCC1.I. The number of hydrogen-bond acceptors (Lipinski definition) is 4. The van der Waals surface area contributed by atoms with Gasteiger partial charge in [0.2, 0.25) is 0 Å². The van der Waals surface area contributed by atoms with Crippen molar-refractivity contribution in [3.63, 3.8) is 0 Å². The van der Waals surface area contributed by atoms with Crippen LogP contribution in [0, 0.1) is 5.92 Å². The molecule has 2 aliphatic heterocycles. The number of ether oxygens (including phenoxy) is 1. The summed E-state index contributed by atoms with van der Waals surface area (Å²) in [6.45, 7) is 9.31. The van der Waals surface area contributed by atoms with Crippen molar-refractivity contribution < 1.29 is 4.74 Å². The summed E-state index contributed by atoms with van der Waals surface area (Å²) in [4.78, 5) is 11.7. The molecule has 6 nitrogen and oxygen atoms in total. The summed E-state index contributed by atoms with van der Waals surface area (Å²) < 4.78 is 5.46. The van der Waals surface area contributed by atoms with Crippen LogP contribution in [0.3, 0.4) is 0 Å². The van der Waals surface area contributed by atoms with Crippen molar-refractivity contribution in [2.75, 3.05) is 78.0 Å². The first-order valence-electron chi connectivity index (χ1n) is 11.4. The summed E-state index contributed by atoms with van der Waals surface area (Å²) in [6, 6.07) is 8.18. The topological polar surface area (TPSA) is 43.3 Å². The second kappa shape index (κ2) is 14.4. The van der Waals surface area contributed by atoms with Gasteiger partial charge in [0, 0.05) is 77.3 Å². The highest BCUT2D eigenvalue weighted by Crippen LogP contribution is 2.21. The van der Waals surface area contributed by atoms with Crippen LogP contribution >= 0.6 is 35.6 Å². The van der Waals surface area contributed by atoms with Gasteiger partial charge >= 0.3 is 0 Å². The Morgan fingerprint density at radius 1 is 1.23 bits per heavy atom. The van der Waals surface area contributed by atoms with E-state index in [1.807, 2.05) is 19.2 Å². The fraction of sp³-hybridized carbons (Fsp3) is 0.696. The lowest BCUT2D eigenvalue weighted by Crippen LogP contribution is -2.47. The van der Waals surface area contributed by atoms with Crippen LogP contribution in [0.4, 0.5) is 5.69 Å². The zero-order valence-electron chi connectivity index (χ0n) is 19.1. The molecule has 1 aromatic rings. The van der Waals surface area contributed by atoms with Crippen LogP contribution in [-0.4, -0.2) is 88.9 Å². The van der Waals surface area contributed by atoms with E-state index in [9.17, 15) is 0 Å². The normalized spacial score (nSPS) is 18.5. The van der Waals surface area contributed by atoms with Crippen LogP contribution in [0.2, 0.25) is 5.02 Å². The lowest BCUT2D eigenvalue weighted by molar-refractivity contribution is 0.0625. The number of aliphatic imine (C=N–C) groups is 1. The van der Waals surface area contributed by atoms with E-state index in [-0.39, 0.29) is 24.0 Å². The lowest BCUT2D eigenvalue weighted by atomic mass is 9.96. The molecule has 31 heavy (non-hydrogen) atoms. The Morgan fingerprint density at radius 3 is 2.65 bits per heavy atom. The van der Waals surface area contributed by atoms with E-state index in [0.29, 0.717) is 0 Å². The van der Waals surface area contributed by atoms with Gasteiger partial charge in [0.25, 0.3) is 0 Å². The Morgan fingerprint density at radius 2 is 1.97 bits per heavy atom. The van der Waals surface area contributed by atoms with Gasteiger partial charge in [-0.3, -0.25) is 9.89 Å². The number of nitrogens with zero attached hydrogens (tertiary/aromatic N) is 4. The van der Waals surface area contributed by atoms with Crippen molar-refractivity contribution >= 4 is 47.2 Å². The van der Waals surface area contributed by atoms with Gasteiger partial charge in [-0.2, -0.15) is 0 Å². The minimum atomic E-state index is 0. The third kappa shape index (κ3) is 8.94. The van der Waals surface area contributed by atoms with Crippen molar-refractivity contribution in [1.29, 1.82) is 0 Å². The van der Waals surface area contributed by atoms with Crippen LogP contribution < -0.4 is 10.2 Å². The monoisotopic (exact) mass is 563 g/mol. The fourth-order valence-corrected chi connectivity index (χ4v) is 4.49. The molecule has 0 unspecified atom stereocenters. The maximum Gasteiger partial charge on any atom is 0.193 e. The Hall–Kier alpha value is -0.770. The minimum Gasteiger partial charge on any atom is -0.381 e. The zero-order valence-corrected chi connectivity index (χ0v) is 22.1. The predicted octanol–water partition coefficient (Wildman–Crippen LogP) is 3.79. The number of hydrogen-bond donors (Lipinski definition) is 1. The van der Waals surface area contributed by atoms with Gasteiger partial charge in [0.05, 0.1) is 0 Å². The molecule has 0 aliphatic carbocycles. The molecule has 2 fully saturated rings. The van der Waals surface area contributed by atoms with E-state index >= 15 is 0 Å². The largest absolute Gasteiger partial charge is 0.381 e. The number of benzene rings is 1. The molecular weight excluding hydrogens is 525 g/mol. The van der Waals surface area contributed by atoms with Gasteiger partial charge < -0.3 is 19.9 Å². The highest BCUT2D eigenvalue weighted by molar-refractivity contribution is 14.0. The second-order valence-corrected chi connectivity index (χ2v) is 8.84. The molecule has 3 rings (SSSR count). The first-order valence-corrected chi connectivity index (χ1v) is 11.8. The molecule has 1 N–H and O–H groups in total. The predicted molar refractivity (Wildman–Crippen MR) is 142 cm³/mol. The van der Waals surface area contributed by atoms with Crippen LogP contribution in [0.5, 0.6) is 0 Å². The van der Waals surface area contributed by atoms with Crippen molar-refractivity contribution in [3.8, 4) is 0 Å². The first kappa shape index (κ1) is 26.5. The molecule has 176 valence electrons. The Kier molecular flexibility index (Phi) is 12.3. The van der Waals surface area contributed by atoms with Crippen molar-refractivity contribution in [2.45, 2.75) is 25.7 Å². The fourth-order valence-electron chi connectivity index (χ4n) is 4.31. The average Bonchev–Trinajstić information content (AvgIpc) is 2.78. The third-order valence-corrected chi connectivity index (χ3v) is 6.50. The van der Waals surface area contributed by atoms with Crippen LogP contribution in [0.25, 0.3) is 0 Å². The summed E-state index contributed by atoms with van der Waals surface area (Å²) in [7, 11) is 4.02. The van der Waals surface area contributed by atoms with E-state index in [0.717, 1.165) is 82.3 Å². The number of anilines is 1. The first-order chi connectivity index (χ1) is 14.7. The molecule has 0 amide bonds. The summed E-state index contributed by atoms with van der Waals surface area (Å²) in [5.41, 5.74) is 1.23. The summed E-state index contributed by atoms with van der Waals surface area (Å²) in [5, 5.41) is 4.35. The molecule has 1 aromatic carbocycles. The highest BCUT2D eigenvalue weighted by atomic mass is 127. The molecule has 8 heteroatoms. The standard InChI is InChI=1S/C23H38ClN5O.HI/c1-25-23(27(2)12-7-20-8-17-30-18-9-20)26-10-4-11-28-13-15-29(16-14-28)22-6-3-5-21(24)19-22;/h3,5-6,19-20H,4,7-18H2,1-2H3,(H,25,26);1H. The Labute approximate surface area is 210 Å². The smallest absolute Gasteiger partial charge is 0.193 e. The van der Waals surface area contributed by atoms with E-state index in [1.54, 1.807) is 0 Å². The molecule has 0 saturated carbocycles. The molecule has 0 aromatic heterocycles. The van der Waals surface area contributed by atoms with E-state index in [2.05, 4.69) is 44.2 Å². The number of piperazine rings is 1. The molecule has 0 atom stereocenters. The highest BCUT2D eigenvalue weighted by Gasteiger charge is 2.18. The van der Waals surface area contributed by atoms with Gasteiger partial charge in [-0.15, -0.1) is 24.0 Å². The number of nitrogens with one attached hydrogen (secondary N) is 1. The number of halogens is 2. The van der Waals surface area contributed by atoms with Gasteiger partial charge in [-0.1, -0.05) is 17.7 Å². The van der Waals surface area contributed by atoms with Gasteiger partial charge in [-0.05, 0) is 56.3 Å². The quantitative estimate of drug-likeness (QED) is 0.226. The third-order valence-electron chi connectivity index (χ3n) is 6.27. The zero-order chi connectivity index (χ0) is 21.2. The van der Waals surface area contributed by atoms with Gasteiger partial charge in [0.15, 0.2) is 5.96 Å². The maximum atomic E-state index is 6.13. The van der Waals surface area contributed by atoms with Crippen LogP contribution in [-0.2, 0) is 4.74 Å². The van der Waals surface area contributed by atoms with Crippen molar-refractivity contribution in [1.82, 2.24) is 15.1 Å². The van der Waals surface area contributed by atoms with Gasteiger partial charge in [0.1, 0.15) is 0 Å². The molecule has 2 heterocycles. The molecule has 2 saturated heterocycles. The lowest BCUT2D eigenvalue weighted by Gasteiger charge is -2.36. The molecule has 0 bridgehead atoms. The summed E-state index contributed by atoms with van der Waals surface area (Å²) in [6.07, 6.45) is 4.75. The average molecular weight is 564 g/mol. The van der Waals surface area contributed by atoms with E-state index < -0.39 is 0 Å². The molecule has 0 spiro atoms. The molecular formula is C23H39ClIN5O. The summed E-state index contributed by atoms with van der Waals surface area (Å²) in [5.74, 6) is 1.80. The second-order valence-electron chi connectivity index (χ2n) is 8.40. The number of rotatable bonds is 8. The minimum absolute atomic E-state index is 0. The van der Waals surface area contributed by atoms with Crippen molar-refractivity contribution in [2.24, 2.45) is 10.9 Å². The maximum absolute atomic E-state index is 6.13. The van der Waals surface area contributed by atoms with Crippen LogP contribution in [0.15, 0.2) is 29.3 Å². The van der Waals surface area contributed by atoms with Crippen molar-refractivity contribution in [3.05, 3.63) is 29.3 Å². The molecule has 0 radical (unpaired) electrons. The van der Waals surface area contributed by atoms with Crippen LogP contribution in [0.1, 0.15) is 25.7 Å². The number of guanidine groups is 1. The Balaban J connectivity index is 0.00000341. The molecule has 2 aliphatic rings. The van der Waals surface area contributed by atoms with E-state index in [1.165, 1.54) is 24.9 Å². The Bertz CT molecular complexity index is 663. The van der Waals surface area contributed by atoms with Gasteiger partial charge in [-0.25, -0.2) is 0 Å². The van der Waals surface area contributed by atoms with E-state index in [4.69, 9.17) is 16.3 Å².